The summed E-state index contributed by atoms with van der Waals surface area (Å²) in [5.41, 5.74) is 3.80. The summed E-state index contributed by atoms with van der Waals surface area (Å²) in [6, 6.07) is 24.3. The van der Waals surface area contributed by atoms with E-state index in [4.69, 9.17) is 27.9 Å². The average molecular weight is 439 g/mol. The predicted octanol–water partition coefficient (Wildman–Crippen LogP) is 6.10. The highest BCUT2D eigenvalue weighted by molar-refractivity contribution is 6.30. The van der Waals surface area contributed by atoms with Gasteiger partial charge in [-0.25, -0.2) is 4.68 Å². The molecule has 0 amide bonds. The van der Waals surface area contributed by atoms with Crippen LogP contribution in [0.25, 0.3) is 23.0 Å². The van der Waals surface area contributed by atoms with E-state index in [9.17, 15) is 4.79 Å². The molecule has 3 aromatic carbocycles. The normalized spacial score (nSPS) is 10.8. The topological polar surface area (TPSA) is 44.1 Å². The lowest BCUT2D eigenvalue weighted by atomic mass is 10.1. The molecule has 0 spiro atoms. The summed E-state index contributed by atoms with van der Waals surface area (Å²) in [6.07, 6.45) is 10.4. The van der Waals surface area contributed by atoms with Crippen molar-refractivity contribution in [3.63, 3.8) is 0 Å². The van der Waals surface area contributed by atoms with Crippen LogP contribution in [-0.4, -0.2) is 22.2 Å². The van der Waals surface area contributed by atoms with Gasteiger partial charge in [-0.05, 0) is 48.6 Å². The minimum Gasteiger partial charge on any atom is -0.480 e. The Bertz CT molecular complexity index is 1300. The number of hydrogen-bond donors (Lipinski definition) is 0. The second-order valence-corrected chi connectivity index (χ2v) is 7.34. The van der Waals surface area contributed by atoms with E-state index in [0.717, 1.165) is 22.5 Å². The monoisotopic (exact) mass is 438 g/mol. The van der Waals surface area contributed by atoms with Gasteiger partial charge in [-0.15, -0.1) is 6.42 Å². The van der Waals surface area contributed by atoms with Gasteiger partial charge in [-0.1, -0.05) is 60.0 Å². The lowest BCUT2D eigenvalue weighted by Gasteiger charge is -2.06. The maximum Gasteiger partial charge on any atom is 0.189 e. The molecule has 0 unspecified atom stereocenters. The Hall–Kier alpha value is -4.07. The highest BCUT2D eigenvalue weighted by Crippen LogP contribution is 2.27. The summed E-state index contributed by atoms with van der Waals surface area (Å²) in [4.78, 5) is 12.9. The molecule has 1 aromatic heterocycles. The molecule has 5 heteroatoms. The number of hydrogen-bond acceptors (Lipinski definition) is 3. The van der Waals surface area contributed by atoms with Crippen molar-refractivity contribution in [2.75, 3.05) is 6.61 Å². The van der Waals surface area contributed by atoms with Crippen LogP contribution in [0, 0.1) is 12.3 Å². The van der Waals surface area contributed by atoms with Gasteiger partial charge in [-0.2, -0.15) is 5.10 Å². The highest BCUT2D eigenvalue weighted by Gasteiger charge is 2.13. The molecule has 0 aliphatic heterocycles. The molecule has 0 saturated heterocycles. The fourth-order valence-electron chi connectivity index (χ4n) is 3.23. The molecule has 0 fully saturated rings. The van der Waals surface area contributed by atoms with Crippen molar-refractivity contribution < 1.29 is 9.53 Å². The number of carbonyl (C=O) groups is 1. The number of carbonyl (C=O) groups excluding carboxylic acids is 1. The molecule has 0 N–H and O–H groups in total. The van der Waals surface area contributed by atoms with Crippen molar-refractivity contribution >= 4 is 23.5 Å². The first kappa shape index (κ1) is 21.2. The van der Waals surface area contributed by atoms with E-state index >= 15 is 0 Å². The van der Waals surface area contributed by atoms with Crippen molar-refractivity contribution in [1.82, 2.24) is 9.78 Å². The number of nitrogens with zero attached hydrogens (tertiary/aromatic N) is 2. The molecule has 0 aliphatic rings. The van der Waals surface area contributed by atoms with Crippen LogP contribution in [0.3, 0.4) is 0 Å². The molecule has 4 rings (SSSR count). The number of benzene rings is 3. The molecule has 0 aliphatic carbocycles. The summed E-state index contributed by atoms with van der Waals surface area (Å²) in [5.74, 6) is 2.68. The maximum absolute atomic E-state index is 12.9. The van der Waals surface area contributed by atoms with Crippen LogP contribution in [-0.2, 0) is 0 Å². The zero-order valence-electron chi connectivity index (χ0n) is 17.1. The van der Waals surface area contributed by atoms with Crippen molar-refractivity contribution in [3.8, 4) is 35.0 Å². The highest BCUT2D eigenvalue weighted by atomic mass is 35.5. The van der Waals surface area contributed by atoms with E-state index < -0.39 is 0 Å². The van der Waals surface area contributed by atoms with Gasteiger partial charge in [0.15, 0.2) is 5.78 Å². The quantitative estimate of drug-likeness (QED) is 0.199. The first-order valence-electron chi connectivity index (χ1n) is 9.94. The fraction of sp³-hybridized carbons (Fsp3) is 0.0370. The Morgan fingerprint density at radius 2 is 1.75 bits per heavy atom. The van der Waals surface area contributed by atoms with Crippen LogP contribution in [0.1, 0.15) is 15.9 Å². The van der Waals surface area contributed by atoms with E-state index in [-0.39, 0.29) is 12.4 Å². The number of aromatic nitrogens is 2. The minimum atomic E-state index is -0.188. The molecule has 32 heavy (non-hydrogen) atoms. The van der Waals surface area contributed by atoms with Gasteiger partial charge in [0.2, 0.25) is 0 Å². The van der Waals surface area contributed by atoms with Crippen molar-refractivity contribution in [2.24, 2.45) is 0 Å². The number of halogens is 1. The molecule has 0 saturated carbocycles. The van der Waals surface area contributed by atoms with Gasteiger partial charge < -0.3 is 4.74 Å². The predicted molar refractivity (Wildman–Crippen MR) is 128 cm³/mol. The Morgan fingerprint density at radius 1 is 1.03 bits per heavy atom. The van der Waals surface area contributed by atoms with Crippen LogP contribution in [0.4, 0.5) is 0 Å². The zero-order valence-corrected chi connectivity index (χ0v) is 17.9. The average Bonchev–Trinajstić information content (AvgIpc) is 3.27. The molecule has 4 aromatic rings. The second-order valence-electron chi connectivity index (χ2n) is 6.91. The molecule has 156 valence electrons. The van der Waals surface area contributed by atoms with Crippen LogP contribution in [0.15, 0.2) is 91.1 Å². The van der Waals surface area contributed by atoms with Gasteiger partial charge in [0.25, 0.3) is 0 Å². The van der Waals surface area contributed by atoms with Gasteiger partial charge in [0, 0.05) is 22.3 Å². The number of rotatable bonds is 7. The number of terminal acetylenes is 1. The molecular weight excluding hydrogens is 420 g/mol. The van der Waals surface area contributed by atoms with E-state index in [0.29, 0.717) is 16.3 Å². The van der Waals surface area contributed by atoms with Crippen LogP contribution >= 0.6 is 11.6 Å². The van der Waals surface area contributed by atoms with Gasteiger partial charge >= 0.3 is 0 Å². The van der Waals surface area contributed by atoms with Crippen molar-refractivity contribution in [1.29, 1.82) is 0 Å². The largest absolute Gasteiger partial charge is 0.480 e. The first-order chi connectivity index (χ1) is 15.7. The molecular formula is C27H19ClN2O2. The Kier molecular flexibility index (Phi) is 6.50. The van der Waals surface area contributed by atoms with Crippen LogP contribution < -0.4 is 4.74 Å². The lowest BCUT2D eigenvalue weighted by Crippen LogP contribution is -2.02. The van der Waals surface area contributed by atoms with Gasteiger partial charge in [0.05, 0.1) is 16.9 Å². The number of allylic oxidation sites excluding steroid dienone is 1. The third-order valence-electron chi connectivity index (χ3n) is 4.76. The smallest absolute Gasteiger partial charge is 0.189 e. The second kappa shape index (κ2) is 9.82. The van der Waals surface area contributed by atoms with Gasteiger partial charge in [0.1, 0.15) is 12.4 Å². The Labute approximate surface area is 191 Å². The summed E-state index contributed by atoms with van der Waals surface area (Å²) in [6.45, 7) is 0.0958. The standard InChI is InChI=1S/C27H19ClN2O2/c1-2-18-32-26-11-7-6-10-24(26)25(31)17-14-21-19-30(23-8-4-3-5-9-23)29-27(21)20-12-15-22(28)16-13-20/h1,3-17,19H,18H2/b17-14+. The van der Waals surface area contributed by atoms with E-state index in [1.165, 1.54) is 6.08 Å². The molecule has 1 heterocycles. The number of para-hydroxylation sites is 2. The fourth-order valence-corrected chi connectivity index (χ4v) is 3.35. The third-order valence-corrected chi connectivity index (χ3v) is 5.01. The molecule has 0 radical (unpaired) electrons. The SMILES string of the molecule is C#CCOc1ccccc1C(=O)/C=C/c1cn(-c2ccccc2)nc1-c1ccc(Cl)cc1. The lowest BCUT2D eigenvalue weighted by molar-refractivity contribution is 0.104. The first-order valence-corrected chi connectivity index (χ1v) is 10.3. The maximum atomic E-state index is 12.9. The van der Waals surface area contributed by atoms with E-state index in [1.54, 1.807) is 35.0 Å². The summed E-state index contributed by atoms with van der Waals surface area (Å²) >= 11 is 6.05. The van der Waals surface area contributed by atoms with Crippen molar-refractivity contribution in [2.45, 2.75) is 0 Å². The minimum absolute atomic E-state index is 0.0958. The van der Waals surface area contributed by atoms with Crippen LogP contribution in [0.2, 0.25) is 5.02 Å². The van der Waals surface area contributed by atoms with E-state index in [1.807, 2.05) is 60.8 Å². The summed E-state index contributed by atoms with van der Waals surface area (Å²) in [5, 5.41) is 5.40. The summed E-state index contributed by atoms with van der Waals surface area (Å²) < 4.78 is 7.30. The summed E-state index contributed by atoms with van der Waals surface area (Å²) in [7, 11) is 0. The molecule has 0 bridgehead atoms. The van der Waals surface area contributed by atoms with Crippen molar-refractivity contribution in [3.05, 3.63) is 107 Å². The zero-order chi connectivity index (χ0) is 22.3. The van der Waals surface area contributed by atoms with E-state index in [2.05, 4.69) is 5.92 Å². The Morgan fingerprint density at radius 3 is 2.50 bits per heavy atom. The molecule has 4 nitrogen and oxygen atoms in total. The third kappa shape index (κ3) is 4.80. The number of ketones is 1. The molecule has 0 atom stereocenters. The van der Waals surface area contributed by atoms with Gasteiger partial charge in [-0.3, -0.25) is 4.79 Å². The van der Waals surface area contributed by atoms with Crippen LogP contribution in [0.5, 0.6) is 5.75 Å². The number of ether oxygens (including phenoxy) is 1. The Balaban J connectivity index is 1.70.